The second-order valence-electron chi connectivity index (χ2n) is 5.92. The summed E-state index contributed by atoms with van der Waals surface area (Å²) in [4.78, 5) is 28.6. The lowest BCUT2D eigenvalue weighted by molar-refractivity contribution is -0.119. The number of hydrogen-bond acceptors (Lipinski definition) is 5. The molecule has 1 heterocycles. The number of ether oxygens (including phenoxy) is 1. The zero-order valence-electron chi connectivity index (χ0n) is 15.2. The van der Waals surface area contributed by atoms with Crippen molar-refractivity contribution in [1.82, 2.24) is 4.98 Å². The van der Waals surface area contributed by atoms with E-state index in [1.807, 2.05) is 61.5 Å². The molecule has 0 saturated heterocycles. The molecular weight excluding hydrogens is 344 g/mol. The van der Waals surface area contributed by atoms with Crippen LogP contribution in [0.1, 0.15) is 28.7 Å². The maximum atomic E-state index is 12.3. The number of nitrogens with one attached hydrogen (secondary N) is 1. The average Bonchev–Trinajstić information content (AvgIpc) is 3.09. The van der Waals surface area contributed by atoms with Crippen LogP contribution in [0, 0.1) is 6.92 Å². The van der Waals surface area contributed by atoms with Gasteiger partial charge >= 0.3 is 5.97 Å². The van der Waals surface area contributed by atoms with Crippen LogP contribution in [0.2, 0.25) is 0 Å². The molecule has 1 aromatic heterocycles. The van der Waals surface area contributed by atoms with Gasteiger partial charge in [0.2, 0.25) is 5.89 Å². The molecule has 3 aromatic rings. The number of rotatable bonds is 6. The first-order valence-electron chi connectivity index (χ1n) is 8.66. The van der Waals surface area contributed by atoms with E-state index in [-0.39, 0.29) is 5.69 Å². The number of aromatic nitrogens is 1. The number of aryl methyl sites for hydroxylation is 2. The summed E-state index contributed by atoms with van der Waals surface area (Å²) in [5.74, 6) is -0.428. The molecule has 6 heteroatoms. The van der Waals surface area contributed by atoms with Crippen molar-refractivity contribution in [3.05, 3.63) is 71.6 Å². The lowest BCUT2D eigenvalue weighted by atomic mass is 10.1. The van der Waals surface area contributed by atoms with Gasteiger partial charge in [0, 0.05) is 11.3 Å². The van der Waals surface area contributed by atoms with Gasteiger partial charge in [-0.25, -0.2) is 9.78 Å². The molecule has 0 radical (unpaired) electrons. The number of carbonyl (C=O) groups excluding carboxylic acids is 2. The quantitative estimate of drug-likeness (QED) is 0.669. The summed E-state index contributed by atoms with van der Waals surface area (Å²) in [5.41, 5.74) is 2.55. The number of hydrogen-bond donors (Lipinski definition) is 1. The molecule has 0 saturated carbocycles. The highest BCUT2D eigenvalue weighted by Gasteiger charge is 2.20. The third-order valence-electron chi connectivity index (χ3n) is 4.02. The van der Waals surface area contributed by atoms with E-state index in [0.29, 0.717) is 17.3 Å². The van der Waals surface area contributed by atoms with Gasteiger partial charge in [0.25, 0.3) is 5.91 Å². The summed E-state index contributed by atoms with van der Waals surface area (Å²) < 4.78 is 10.6. The summed E-state index contributed by atoms with van der Waals surface area (Å²) >= 11 is 0. The van der Waals surface area contributed by atoms with Crippen molar-refractivity contribution in [3.63, 3.8) is 0 Å². The van der Waals surface area contributed by atoms with Crippen molar-refractivity contribution in [1.29, 1.82) is 0 Å². The first-order chi connectivity index (χ1) is 13.1. The molecule has 0 aliphatic rings. The minimum absolute atomic E-state index is 0.0654. The van der Waals surface area contributed by atoms with Crippen molar-refractivity contribution >= 4 is 17.6 Å². The number of benzene rings is 2. The van der Waals surface area contributed by atoms with Crippen LogP contribution in [-0.2, 0) is 16.0 Å². The third-order valence-corrected chi connectivity index (χ3v) is 4.02. The molecule has 0 atom stereocenters. The Hall–Kier alpha value is -3.41. The number of nitrogens with zero attached hydrogens (tertiary/aromatic N) is 1. The smallest absolute Gasteiger partial charge is 0.361 e. The SMILES string of the molecule is CCc1ccccc1NC(=O)COC(=O)c1nc(-c2ccccc2)oc1C. The molecule has 1 amide bonds. The largest absolute Gasteiger partial charge is 0.451 e. The van der Waals surface area contributed by atoms with Crippen LogP contribution in [0.5, 0.6) is 0 Å². The monoisotopic (exact) mass is 364 g/mol. The Bertz CT molecular complexity index is 948. The Morgan fingerprint density at radius 3 is 2.52 bits per heavy atom. The molecule has 0 aliphatic carbocycles. The van der Waals surface area contributed by atoms with Crippen molar-refractivity contribution in [2.75, 3.05) is 11.9 Å². The summed E-state index contributed by atoms with van der Waals surface area (Å²) in [7, 11) is 0. The predicted molar refractivity (Wildman–Crippen MR) is 101 cm³/mol. The van der Waals surface area contributed by atoms with Crippen LogP contribution in [-0.4, -0.2) is 23.5 Å². The van der Waals surface area contributed by atoms with Crippen LogP contribution >= 0.6 is 0 Å². The van der Waals surface area contributed by atoms with E-state index in [1.54, 1.807) is 6.92 Å². The minimum Gasteiger partial charge on any atom is -0.451 e. The number of amides is 1. The molecule has 0 spiro atoms. The van der Waals surface area contributed by atoms with E-state index in [2.05, 4.69) is 10.3 Å². The molecule has 27 heavy (non-hydrogen) atoms. The second kappa shape index (κ2) is 8.31. The van der Waals surface area contributed by atoms with Crippen LogP contribution in [0.15, 0.2) is 59.0 Å². The Kier molecular flexibility index (Phi) is 5.66. The fourth-order valence-corrected chi connectivity index (χ4v) is 2.63. The van der Waals surface area contributed by atoms with Crippen molar-refractivity contribution in [2.24, 2.45) is 0 Å². The topological polar surface area (TPSA) is 81.4 Å². The van der Waals surface area contributed by atoms with E-state index in [4.69, 9.17) is 9.15 Å². The predicted octanol–water partition coefficient (Wildman–Crippen LogP) is 4.01. The maximum absolute atomic E-state index is 12.3. The zero-order chi connectivity index (χ0) is 19.2. The van der Waals surface area contributed by atoms with Gasteiger partial charge in [-0.1, -0.05) is 43.3 Å². The Balaban J connectivity index is 1.62. The van der Waals surface area contributed by atoms with Gasteiger partial charge in [-0.2, -0.15) is 0 Å². The number of anilines is 1. The molecule has 0 unspecified atom stereocenters. The number of esters is 1. The van der Waals surface area contributed by atoms with E-state index < -0.39 is 18.5 Å². The van der Waals surface area contributed by atoms with E-state index in [1.165, 1.54) is 0 Å². The molecule has 6 nitrogen and oxygen atoms in total. The van der Waals surface area contributed by atoms with Crippen LogP contribution < -0.4 is 5.32 Å². The fraction of sp³-hybridized carbons (Fsp3) is 0.190. The van der Waals surface area contributed by atoms with Gasteiger partial charge in [-0.15, -0.1) is 0 Å². The first-order valence-corrected chi connectivity index (χ1v) is 8.66. The fourth-order valence-electron chi connectivity index (χ4n) is 2.63. The highest BCUT2D eigenvalue weighted by atomic mass is 16.5. The number of carbonyl (C=O) groups is 2. The summed E-state index contributed by atoms with van der Waals surface area (Å²) in [6, 6.07) is 16.7. The highest BCUT2D eigenvalue weighted by molar-refractivity contribution is 5.95. The molecule has 2 aromatic carbocycles. The average molecular weight is 364 g/mol. The molecule has 0 fully saturated rings. The third kappa shape index (κ3) is 4.41. The summed E-state index contributed by atoms with van der Waals surface area (Å²) in [6.45, 7) is 3.24. The van der Waals surface area contributed by atoms with Gasteiger partial charge in [-0.3, -0.25) is 4.79 Å². The van der Waals surface area contributed by atoms with E-state index >= 15 is 0 Å². The van der Waals surface area contributed by atoms with Crippen LogP contribution in [0.3, 0.4) is 0 Å². The van der Waals surface area contributed by atoms with Gasteiger partial charge in [0.1, 0.15) is 5.76 Å². The first kappa shape index (κ1) is 18.4. The van der Waals surface area contributed by atoms with E-state index in [0.717, 1.165) is 17.5 Å². The Morgan fingerprint density at radius 2 is 1.78 bits per heavy atom. The highest BCUT2D eigenvalue weighted by Crippen LogP contribution is 2.22. The van der Waals surface area contributed by atoms with Gasteiger partial charge < -0.3 is 14.5 Å². The van der Waals surface area contributed by atoms with Gasteiger partial charge in [0.05, 0.1) is 0 Å². The van der Waals surface area contributed by atoms with Crippen molar-refractivity contribution in [3.8, 4) is 11.5 Å². The Morgan fingerprint density at radius 1 is 1.07 bits per heavy atom. The number of para-hydroxylation sites is 1. The standard InChI is InChI=1S/C21H20N2O4/c1-3-15-9-7-8-12-17(15)22-18(24)13-26-21(25)19-14(2)27-20(23-19)16-10-5-4-6-11-16/h4-12H,3,13H2,1-2H3,(H,22,24). The minimum atomic E-state index is -0.697. The summed E-state index contributed by atoms with van der Waals surface area (Å²) in [5, 5.41) is 2.75. The zero-order valence-corrected chi connectivity index (χ0v) is 15.2. The molecule has 1 N–H and O–H groups in total. The lowest BCUT2D eigenvalue weighted by Crippen LogP contribution is -2.22. The molecule has 3 rings (SSSR count). The molecule has 138 valence electrons. The normalized spacial score (nSPS) is 10.4. The van der Waals surface area contributed by atoms with Gasteiger partial charge in [-0.05, 0) is 37.1 Å². The van der Waals surface area contributed by atoms with Crippen molar-refractivity contribution in [2.45, 2.75) is 20.3 Å². The molecular formula is C21H20N2O4. The molecule has 0 aliphatic heterocycles. The van der Waals surface area contributed by atoms with Crippen LogP contribution in [0.4, 0.5) is 5.69 Å². The van der Waals surface area contributed by atoms with E-state index in [9.17, 15) is 9.59 Å². The van der Waals surface area contributed by atoms with Gasteiger partial charge in [0.15, 0.2) is 12.3 Å². The maximum Gasteiger partial charge on any atom is 0.361 e. The summed E-state index contributed by atoms with van der Waals surface area (Å²) in [6.07, 6.45) is 0.788. The second-order valence-corrected chi connectivity index (χ2v) is 5.92. The number of oxazole rings is 1. The van der Waals surface area contributed by atoms with Crippen molar-refractivity contribution < 1.29 is 18.7 Å². The lowest BCUT2D eigenvalue weighted by Gasteiger charge is -2.09. The Labute approximate surface area is 157 Å². The van der Waals surface area contributed by atoms with Crippen LogP contribution in [0.25, 0.3) is 11.5 Å². The molecule has 0 bridgehead atoms.